The Morgan fingerprint density at radius 1 is 1.23 bits per heavy atom. The number of amides is 1. The second-order valence-corrected chi connectivity index (χ2v) is 9.37. The molecule has 0 saturated carbocycles. The molecule has 3 heterocycles. The molecule has 26 heavy (non-hydrogen) atoms. The van der Waals surface area contributed by atoms with Gasteiger partial charge in [0.05, 0.1) is 4.90 Å². The highest BCUT2D eigenvalue weighted by Gasteiger charge is 2.36. The standard InChI is InChI=1S/C18H25N3O3S.ClH/c1-11-7-13-8-17(5-6-18(13)21(11)12(2)22)25(23,24)20-16-9-14-3-4-15(10-16)19-14;/h5-6,8,11,14-16,19-20H,3-4,7,9-10H2,1-2H3;1H. The topological polar surface area (TPSA) is 78.5 Å². The molecule has 2 fully saturated rings. The third-order valence-electron chi connectivity index (χ3n) is 5.71. The zero-order valence-corrected chi connectivity index (χ0v) is 16.7. The average Bonchev–Trinajstić information content (AvgIpc) is 3.04. The molecule has 3 unspecified atom stereocenters. The maximum absolute atomic E-state index is 12.8. The van der Waals surface area contributed by atoms with Crippen molar-refractivity contribution >= 4 is 34.0 Å². The Bertz CT molecular complexity index is 802. The van der Waals surface area contributed by atoms with Crippen LogP contribution in [0.1, 0.15) is 45.1 Å². The van der Waals surface area contributed by atoms with Crippen LogP contribution < -0.4 is 14.9 Å². The first-order valence-corrected chi connectivity index (χ1v) is 10.5. The van der Waals surface area contributed by atoms with Gasteiger partial charge in [-0.2, -0.15) is 0 Å². The fourth-order valence-electron chi connectivity index (χ4n) is 4.70. The summed E-state index contributed by atoms with van der Waals surface area (Å²) in [6.07, 6.45) is 4.68. The van der Waals surface area contributed by atoms with Crippen molar-refractivity contribution in [2.24, 2.45) is 0 Å². The number of carbonyl (C=O) groups excluding carboxylic acids is 1. The number of halogens is 1. The van der Waals surface area contributed by atoms with Gasteiger partial charge in [-0.05, 0) is 62.8 Å². The predicted molar refractivity (Wildman–Crippen MR) is 103 cm³/mol. The Morgan fingerprint density at radius 2 is 1.88 bits per heavy atom. The van der Waals surface area contributed by atoms with Crippen molar-refractivity contribution in [3.05, 3.63) is 23.8 Å². The molecule has 1 aromatic rings. The number of sulfonamides is 1. The van der Waals surface area contributed by atoms with E-state index in [1.807, 2.05) is 6.92 Å². The van der Waals surface area contributed by atoms with Gasteiger partial charge in [-0.3, -0.25) is 4.79 Å². The molecule has 0 aliphatic carbocycles. The third kappa shape index (κ3) is 3.50. The monoisotopic (exact) mass is 399 g/mol. The molecule has 2 N–H and O–H groups in total. The number of piperidine rings is 1. The second kappa shape index (κ2) is 7.11. The largest absolute Gasteiger partial charge is 0.311 e. The van der Waals surface area contributed by atoms with Gasteiger partial charge in [0.2, 0.25) is 15.9 Å². The Morgan fingerprint density at radius 3 is 2.50 bits per heavy atom. The van der Waals surface area contributed by atoms with E-state index in [4.69, 9.17) is 0 Å². The van der Waals surface area contributed by atoms with Crippen molar-refractivity contribution in [3.63, 3.8) is 0 Å². The zero-order valence-electron chi connectivity index (χ0n) is 15.1. The van der Waals surface area contributed by atoms with Gasteiger partial charge in [-0.15, -0.1) is 12.4 Å². The minimum Gasteiger partial charge on any atom is -0.311 e. The Labute approximate surface area is 161 Å². The summed E-state index contributed by atoms with van der Waals surface area (Å²) in [6, 6.07) is 6.06. The highest BCUT2D eigenvalue weighted by atomic mass is 35.5. The van der Waals surface area contributed by atoms with E-state index in [1.165, 1.54) is 0 Å². The summed E-state index contributed by atoms with van der Waals surface area (Å²) in [6.45, 7) is 3.53. The van der Waals surface area contributed by atoms with Crippen LogP contribution in [0, 0.1) is 0 Å². The summed E-state index contributed by atoms with van der Waals surface area (Å²) in [5, 5.41) is 3.53. The number of hydrogen-bond acceptors (Lipinski definition) is 4. The molecule has 1 aromatic carbocycles. The minimum absolute atomic E-state index is 0. The molecule has 2 saturated heterocycles. The molecule has 0 radical (unpaired) electrons. The highest BCUT2D eigenvalue weighted by molar-refractivity contribution is 7.89. The van der Waals surface area contributed by atoms with Gasteiger partial charge in [0.15, 0.2) is 0 Å². The lowest BCUT2D eigenvalue weighted by Crippen LogP contribution is -2.47. The maximum Gasteiger partial charge on any atom is 0.240 e. The van der Waals surface area contributed by atoms with E-state index < -0.39 is 10.0 Å². The molecule has 0 spiro atoms. The van der Waals surface area contributed by atoms with Gasteiger partial charge in [-0.25, -0.2) is 13.1 Å². The van der Waals surface area contributed by atoms with Gasteiger partial charge in [-0.1, -0.05) is 0 Å². The first-order chi connectivity index (χ1) is 11.8. The fraction of sp³-hybridized carbons (Fsp3) is 0.611. The third-order valence-corrected chi connectivity index (χ3v) is 7.23. The van der Waals surface area contributed by atoms with Gasteiger partial charge in [0.25, 0.3) is 0 Å². The number of nitrogens with one attached hydrogen (secondary N) is 2. The Kier molecular flexibility index (Phi) is 5.36. The van der Waals surface area contributed by atoms with Crippen LogP contribution in [0.15, 0.2) is 23.1 Å². The normalized spacial score (nSPS) is 30.0. The maximum atomic E-state index is 12.8. The van der Waals surface area contributed by atoms with Crippen molar-refractivity contribution in [3.8, 4) is 0 Å². The number of fused-ring (bicyclic) bond motifs is 3. The molecule has 2 bridgehead atoms. The predicted octanol–water partition coefficient (Wildman–Crippen LogP) is 1.97. The van der Waals surface area contributed by atoms with Crippen LogP contribution in [0.5, 0.6) is 0 Å². The number of benzene rings is 1. The molecule has 144 valence electrons. The summed E-state index contributed by atoms with van der Waals surface area (Å²) in [4.78, 5) is 13.9. The molecule has 1 amide bonds. The van der Waals surface area contributed by atoms with Crippen LogP contribution in [0.3, 0.4) is 0 Å². The van der Waals surface area contributed by atoms with Gasteiger partial charge >= 0.3 is 0 Å². The van der Waals surface area contributed by atoms with Crippen LogP contribution >= 0.6 is 12.4 Å². The first-order valence-electron chi connectivity index (χ1n) is 9.04. The van der Waals surface area contributed by atoms with E-state index >= 15 is 0 Å². The molecule has 3 aliphatic rings. The lowest BCUT2D eigenvalue weighted by atomic mass is 10.0. The van der Waals surface area contributed by atoms with Crippen molar-refractivity contribution in [2.45, 2.75) is 75.0 Å². The van der Waals surface area contributed by atoms with E-state index in [1.54, 1.807) is 30.0 Å². The van der Waals surface area contributed by atoms with Crippen molar-refractivity contribution in [1.29, 1.82) is 0 Å². The number of hydrogen-bond donors (Lipinski definition) is 2. The minimum atomic E-state index is -3.54. The van der Waals surface area contributed by atoms with E-state index in [-0.39, 0.29) is 30.4 Å². The van der Waals surface area contributed by atoms with E-state index in [0.717, 1.165) is 36.9 Å². The summed E-state index contributed by atoms with van der Waals surface area (Å²) in [5.41, 5.74) is 1.76. The molecule has 3 atom stereocenters. The van der Waals surface area contributed by atoms with E-state index in [9.17, 15) is 13.2 Å². The van der Waals surface area contributed by atoms with Crippen LogP contribution in [-0.4, -0.2) is 38.5 Å². The lowest BCUT2D eigenvalue weighted by molar-refractivity contribution is -0.116. The van der Waals surface area contributed by atoms with Gasteiger partial charge < -0.3 is 10.2 Å². The second-order valence-electron chi connectivity index (χ2n) is 7.66. The van der Waals surface area contributed by atoms with Crippen LogP contribution in [0.25, 0.3) is 0 Å². The number of nitrogens with zero attached hydrogens (tertiary/aromatic N) is 1. The van der Waals surface area contributed by atoms with Crippen molar-refractivity contribution in [1.82, 2.24) is 10.0 Å². The van der Waals surface area contributed by atoms with E-state index in [2.05, 4.69) is 10.0 Å². The smallest absolute Gasteiger partial charge is 0.240 e. The van der Waals surface area contributed by atoms with Crippen LogP contribution in [0.4, 0.5) is 5.69 Å². The molecular weight excluding hydrogens is 374 g/mol. The lowest BCUT2D eigenvalue weighted by Gasteiger charge is -2.29. The Hall–Kier alpha value is -1.15. The molecule has 4 rings (SSSR count). The molecule has 6 nitrogen and oxygen atoms in total. The number of rotatable bonds is 3. The van der Waals surface area contributed by atoms with Crippen molar-refractivity contribution < 1.29 is 13.2 Å². The Balaban J connectivity index is 0.00000196. The molecule has 0 aromatic heterocycles. The first kappa shape index (κ1) is 19.6. The van der Waals surface area contributed by atoms with Gasteiger partial charge in [0, 0.05) is 36.8 Å². The van der Waals surface area contributed by atoms with Gasteiger partial charge in [0.1, 0.15) is 0 Å². The van der Waals surface area contributed by atoms with Crippen molar-refractivity contribution in [2.75, 3.05) is 4.90 Å². The van der Waals surface area contributed by atoms with Crippen LogP contribution in [-0.2, 0) is 21.2 Å². The SMILES string of the molecule is CC(=O)N1c2ccc(S(=O)(=O)NC3CC4CCC(C3)N4)cc2CC1C.Cl. The molecule has 3 aliphatic heterocycles. The number of carbonyl (C=O) groups is 1. The van der Waals surface area contributed by atoms with Crippen LogP contribution in [0.2, 0.25) is 0 Å². The summed E-state index contributed by atoms with van der Waals surface area (Å²) in [7, 11) is -3.54. The summed E-state index contributed by atoms with van der Waals surface area (Å²) >= 11 is 0. The molecular formula is C18H26ClN3O3S. The highest BCUT2D eigenvalue weighted by Crippen LogP contribution is 2.34. The zero-order chi connectivity index (χ0) is 17.8. The quantitative estimate of drug-likeness (QED) is 0.814. The number of anilines is 1. The fourth-order valence-corrected chi connectivity index (χ4v) is 6.01. The summed E-state index contributed by atoms with van der Waals surface area (Å²) < 4.78 is 28.5. The van der Waals surface area contributed by atoms with E-state index in [0.29, 0.717) is 23.4 Å². The molecule has 8 heteroatoms. The summed E-state index contributed by atoms with van der Waals surface area (Å²) in [5.74, 6) is -0.00911. The average molecular weight is 400 g/mol.